The second-order valence-corrected chi connectivity index (χ2v) is 8.86. The molecule has 2 N–H and O–H groups in total. The van der Waals surface area contributed by atoms with Gasteiger partial charge in [-0.2, -0.15) is 11.8 Å². The molecule has 2 atom stereocenters. The van der Waals surface area contributed by atoms with Crippen LogP contribution in [0.5, 0.6) is 0 Å². The number of hydrogen-bond donors (Lipinski definition) is 2. The molecule has 0 spiro atoms. The summed E-state index contributed by atoms with van der Waals surface area (Å²) in [6, 6.07) is 0. The van der Waals surface area contributed by atoms with Crippen LogP contribution in [0.15, 0.2) is 0 Å². The van der Waals surface area contributed by atoms with Gasteiger partial charge in [-0.15, -0.1) is 0 Å². The molecule has 4 nitrogen and oxygen atoms in total. The first-order chi connectivity index (χ1) is 8.41. The third kappa shape index (κ3) is 5.47. The van der Waals surface area contributed by atoms with E-state index in [-0.39, 0.29) is 17.9 Å². The highest BCUT2D eigenvalue weighted by atomic mass is 32.2. The monoisotopic (exact) mass is 295 g/mol. The van der Waals surface area contributed by atoms with Crippen LogP contribution in [0.1, 0.15) is 32.6 Å². The SMILES string of the molecule is CCNC1(CO)CCCC(SCCS(C)(=O)=O)C1. The fourth-order valence-corrected chi connectivity index (χ4v) is 5.25. The summed E-state index contributed by atoms with van der Waals surface area (Å²) in [6.07, 6.45) is 5.46. The van der Waals surface area contributed by atoms with Crippen LogP contribution in [0.25, 0.3) is 0 Å². The van der Waals surface area contributed by atoms with Gasteiger partial charge in [0.25, 0.3) is 0 Å². The molecule has 0 aromatic carbocycles. The Hall–Kier alpha value is 0.220. The van der Waals surface area contributed by atoms with Crippen molar-refractivity contribution in [3.8, 4) is 0 Å². The summed E-state index contributed by atoms with van der Waals surface area (Å²) in [4.78, 5) is 0. The third-order valence-corrected chi connectivity index (χ3v) is 5.98. The van der Waals surface area contributed by atoms with Gasteiger partial charge in [0, 0.05) is 22.8 Å². The molecule has 1 aliphatic carbocycles. The standard InChI is InChI=1S/C12H25NO3S2/c1-3-13-12(10-14)6-4-5-11(9-12)17-7-8-18(2,15)16/h11,13-14H,3-10H2,1-2H3. The van der Waals surface area contributed by atoms with E-state index in [1.807, 2.05) is 0 Å². The highest BCUT2D eigenvalue weighted by Gasteiger charge is 2.35. The molecule has 6 heteroatoms. The zero-order valence-electron chi connectivity index (χ0n) is 11.3. The molecular formula is C12H25NO3S2. The summed E-state index contributed by atoms with van der Waals surface area (Å²) in [5, 5.41) is 13.4. The third-order valence-electron chi connectivity index (χ3n) is 3.46. The zero-order chi connectivity index (χ0) is 13.6. The number of nitrogens with one attached hydrogen (secondary N) is 1. The summed E-state index contributed by atoms with van der Waals surface area (Å²) < 4.78 is 22.2. The van der Waals surface area contributed by atoms with Crippen LogP contribution in [-0.2, 0) is 9.84 Å². The van der Waals surface area contributed by atoms with Crippen molar-refractivity contribution in [1.29, 1.82) is 0 Å². The summed E-state index contributed by atoms with van der Waals surface area (Å²) in [7, 11) is -2.86. The molecule has 1 fully saturated rings. The molecule has 0 heterocycles. The molecule has 1 rings (SSSR count). The Balaban J connectivity index is 2.43. The number of hydrogen-bond acceptors (Lipinski definition) is 5. The molecule has 0 aromatic heterocycles. The molecule has 0 bridgehead atoms. The van der Waals surface area contributed by atoms with E-state index in [0.29, 0.717) is 11.0 Å². The number of sulfone groups is 1. The minimum atomic E-state index is -2.86. The molecule has 0 saturated heterocycles. The van der Waals surface area contributed by atoms with E-state index in [0.717, 1.165) is 32.2 Å². The van der Waals surface area contributed by atoms with Crippen molar-refractivity contribution in [3.63, 3.8) is 0 Å². The average Bonchev–Trinajstić information content (AvgIpc) is 2.28. The Kier molecular flexibility index (Phi) is 6.44. The molecule has 1 saturated carbocycles. The van der Waals surface area contributed by atoms with E-state index in [9.17, 15) is 13.5 Å². The first-order valence-electron chi connectivity index (χ1n) is 6.56. The van der Waals surface area contributed by atoms with Gasteiger partial charge in [0.15, 0.2) is 0 Å². The quantitative estimate of drug-likeness (QED) is 0.735. The van der Waals surface area contributed by atoms with Crippen molar-refractivity contribution < 1.29 is 13.5 Å². The number of aliphatic hydroxyl groups is 1. The summed E-state index contributed by atoms with van der Waals surface area (Å²) in [5.41, 5.74) is -0.143. The lowest BCUT2D eigenvalue weighted by molar-refractivity contribution is 0.125. The predicted molar refractivity (Wildman–Crippen MR) is 77.9 cm³/mol. The lowest BCUT2D eigenvalue weighted by Crippen LogP contribution is -2.52. The maximum Gasteiger partial charge on any atom is 0.148 e. The molecule has 0 aromatic rings. The minimum absolute atomic E-state index is 0.143. The van der Waals surface area contributed by atoms with Gasteiger partial charge in [0.1, 0.15) is 9.84 Å². The van der Waals surface area contributed by atoms with E-state index >= 15 is 0 Å². The normalized spacial score (nSPS) is 29.4. The smallest absolute Gasteiger partial charge is 0.148 e. The molecule has 0 radical (unpaired) electrons. The highest BCUT2D eigenvalue weighted by Crippen LogP contribution is 2.34. The fourth-order valence-electron chi connectivity index (χ4n) is 2.55. The minimum Gasteiger partial charge on any atom is -0.394 e. The average molecular weight is 295 g/mol. The van der Waals surface area contributed by atoms with E-state index in [4.69, 9.17) is 0 Å². The Morgan fingerprint density at radius 1 is 1.50 bits per heavy atom. The van der Waals surface area contributed by atoms with E-state index in [2.05, 4.69) is 12.2 Å². The van der Waals surface area contributed by atoms with Crippen LogP contribution in [0.4, 0.5) is 0 Å². The van der Waals surface area contributed by atoms with Crippen molar-refractivity contribution in [1.82, 2.24) is 5.32 Å². The van der Waals surface area contributed by atoms with Crippen LogP contribution in [0, 0.1) is 0 Å². The number of rotatable bonds is 7. The van der Waals surface area contributed by atoms with Gasteiger partial charge < -0.3 is 10.4 Å². The van der Waals surface area contributed by atoms with Crippen molar-refractivity contribution in [2.45, 2.75) is 43.4 Å². The lowest BCUT2D eigenvalue weighted by atomic mass is 9.82. The van der Waals surface area contributed by atoms with Gasteiger partial charge in [-0.05, 0) is 25.8 Å². The van der Waals surface area contributed by atoms with Crippen LogP contribution in [-0.4, -0.2) is 55.2 Å². The Morgan fingerprint density at radius 2 is 2.22 bits per heavy atom. The molecule has 108 valence electrons. The lowest BCUT2D eigenvalue weighted by Gasteiger charge is -2.40. The number of thioether (sulfide) groups is 1. The first kappa shape index (κ1) is 16.3. The Bertz CT molecular complexity index is 341. The van der Waals surface area contributed by atoms with Crippen molar-refractivity contribution in [2.24, 2.45) is 0 Å². The molecule has 0 aliphatic heterocycles. The van der Waals surface area contributed by atoms with Crippen molar-refractivity contribution >= 4 is 21.6 Å². The second kappa shape index (κ2) is 7.12. The second-order valence-electron chi connectivity index (χ2n) is 5.19. The highest BCUT2D eigenvalue weighted by molar-refractivity contribution is 8.01. The van der Waals surface area contributed by atoms with Crippen molar-refractivity contribution in [2.75, 3.05) is 30.9 Å². The predicted octanol–water partition coefficient (Wildman–Crippen LogP) is 1.05. The summed E-state index contributed by atoms with van der Waals surface area (Å²) >= 11 is 1.74. The zero-order valence-corrected chi connectivity index (χ0v) is 12.9. The van der Waals surface area contributed by atoms with E-state index in [1.165, 1.54) is 6.26 Å². The number of likely N-dealkylation sites (N-methyl/N-ethyl adjacent to an activating group) is 1. The molecule has 1 aliphatic rings. The molecular weight excluding hydrogens is 270 g/mol. The Morgan fingerprint density at radius 3 is 2.78 bits per heavy atom. The van der Waals surface area contributed by atoms with Crippen LogP contribution < -0.4 is 5.32 Å². The largest absolute Gasteiger partial charge is 0.394 e. The van der Waals surface area contributed by atoms with Gasteiger partial charge in [0.2, 0.25) is 0 Å². The molecule has 2 unspecified atom stereocenters. The van der Waals surface area contributed by atoms with E-state index < -0.39 is 9.84 Å². The van der Waals surface area contributed by atoms with Gasteiger partial charge in [0.05, 0.1) is 12.4 Å². The maximum atomic E-state index is 11.1. The van der Waals surface area contributed by atoms with Gasteiger partial charge in [-0.25, -0.2) is 8.42 Å². The van der Waals surface area contributed by atoms with Crippen LogP contribution >= 0.6 is 11.8 Å². The first-order valence-corrected chi connectivity index (χ1v) is 9.67. The van der Waals surface area contributed by atoms with Gasteiger partial charge >= 0.3 is 0 Å². The summed E-state index contributed by atoms with van der Waals surface area (Å²) in [5.74, 6) is 0.915. The molecule has 18 heavy (non-hydrogen) atoms. The van der Waals surface area contributed by atoms with Crippen LogP contribution in [0.3, 0.4) is 0 Å². The van der Waals surface area contributed by atoms with Crippen LogP contribution in [0.2, 0.25) is 0 Å². The van der Waals surface area contributed by atoms with Gasteiger partial charge in [-0.1, -0.05) is 13.3 Å². The molecule has 0 amide bonds. The van der Waals surface area contributed by atoms with Gasteiger partial charge in [-0.3, -0.25) is 0 Å². The number of aliphatic hydroxyl groups excluding tert-OH is 1. The fraction of sp³-hybridized carbons (Fsp3) is 1.00. The Labute approximate surface area is 115 Å². The van der Waals surface area contributed by atoms with E-state index in [1.54, 1.807) is 11.8 Å². The topological polar surface area (TPSA) is 66.4 Å². The van der Waals surface area contributed by atoms with Crippen molar-refractivity contribution in [3.05, 3.63) is 0 Å². The maximum absolute atomic E-state index is 11.1. The summed E-state index contributed by atoms with van der Waals surface area (Å²) in [6.45, 7) is 3.09.